The van der Waals surface area contributed by atoms with Gasteiger partial charge in [-0.25, -0.2) is 4.98 Å². The molecule has 0 unspecified atom stereocenters. The van der Waals surface area contributed by atoms with E-state index < -0.39 is 0 Å². The number of hydrogen-bond donors (Lipinski definition) is 1. The molecule has 132 valence electrons. The zero-order valence-corrected chi connectivity index (χ0v) is 15.5. The summed E-state index contributed by atoms with van der Waals surface area (Å²) in [7, 11) is 0. The van der Waals surface area contributed by atoms with Gasteiger partial charge in [0.2, 0.25) is 0 Å². The average Bonchev–Trinajstić information content (AvgIpc) is 2.65. The second kappa shape index (κ2) is 7.23. The van der Waals surface area contributed by atoms with Crippen molar-refractivity contribution in [1.29, 1.82) is 0 Å². The molecule has 2 aromatic carbocycles. The predicted molar refractivity (Wildman–Crippen MR) is 105 cm³/mol. The second-order valence-corrected chi connectivity index (χ2v) is 7.25. The molecule has 0 saturated carbocycles. The quantitative estimate of drug-likeness (QED) is 0.730. The van der Waals surface area contributed by atoms with Crippen molar-refractivity contribution < 1.29 is 0 Å². The fourth-order valence-corrected chi connectivity index (χ4v) is 3.64. The number of halogens is 2. The minimum Gasteiger partial charge on any atom is -0.306 e. The number of hydrogen-bond acceptors (Lipinski definition) is 3. The van der Waals surface area contributed by atoms with Crippen molar-refractivity contribution in [3.8, 4) is 11.4 Å². The van der Waals surface area contributed by atoms with Gasteiger partial charge in [0.05, 0.1) is 5.69 Å². The first kappa shape index (κ1) is 17.3. The zero-order valence-electron chi connectivity index (χ0n) is 14.0. The van der Waals surface area contributed by atoms with Crippen LogP contribution in [0.5, 0.6) is 0 Å². The summed E-state index contributed by atoms with van der Waals surface area (Å²) in [5.41, 5.74) is 3.45. The first-order valence-corrected chi connectivity index (χ1v) is 9.19. The molecule has 0 radical (unpaired) electrons. The number of nitrogens with one attached hydrogen (secondary N) is 1. The molecule has 0 bridgehead atoms. The minimum atomic E-state index is -0.0470. The third kappa shape index (κ3) is 3.54. The van der Waals surface area contributed by atoms with E-state index in [4.69, 9.17) is 28.2 Å². The van der Waals surface area contributed by atoms with Gasteiger partial charge in [-0.2, -0.15) is 0 Å². The molecule has 0 atom stereocenters. The summed E-state index contributed by atoms with van der Waals surface area (Å²) in [6.07, 6.45) is 0.672. The Kier molecular flexibility index (Phi) is 4.81. The third-order valence-corrected chi connectivity index (χ3v) is 5.21. The highest BCUT2D eigenvalue weighted by Gasteiger charge is 2.22. The summed E-state index contributed by atoms with van der Waals surface area (Å²) in [6.45, 7) is 2.07. The molecule has 26 heavy (non-hydrogen) atoms. The lowest BCUT2D eigenvalue weighted by Crippen LogP contribution is -2.35. The van der Waals surface area contributed by atoms with Crippen LogP contribution in [0.4, 0.5) is 0 Å². The molecule has 0 fully saturated rings. The molecule has 4 nitrogen and oxygen atoms in total. The second-order valence-electron chi connectivity index (χ2n) is 6.40. The predicted octanol–water partition coefficient (Wildman–Crippen LogP) is 4.30. The van der Waals surface area contributed by atoms with E-state index in [1.165, 1.54) is 0 Å². The van der Waals surface area contributed by atoms with Crippen LogP contribution in [0.15, 0.2) is 53.3 Å². The topological polar surface area (TPSA) is 49.0 Å². The van der Waals surface area contributed by atoms with E-state index in [9.17, 15) is 4.79 Å². The molecule has 1 aliphatic heterocycles. The van der Waals surface area contributed by atoms with E-state index in [2.05, 4.69) is 9.88 Å². The number of fused-ring (bicyclic) bond motifs is 1. The highest BCUT2D eigenvalue weighted by atomic mass is 35.5. The molecule has 6 heteroatoms. The first-order chi connectivity index (χ1) is 12.6. The Morgan fingerprint density at radius 3 is 2.73 bits per heavy atom. The number of H-pyrrole nitrogens is 1. The molecule has 1 N–H and O–H groups in total. The van der Waals surface area contributed by atoms with Crippen LogP contribution in [-0.4, -0.2) is 21.4 Å². The number of aromatic nitrogens is 2. The zero-order chi connectivity index (χ0) is 18.1. The van der Waals surface area contributed by atoms with Crippen LogP contribution in [0.1, 0.15) is 16.8 Å². The first-order valence-electron chi connectivity index (χ1n) is 8.44. The molecule has 0 spiro atoms. The molecule has 0 aliphatic carbocycles. The maximum atomic E-state index is 12.5. The van der Waals surface area contributed by atoms with Gasteiger partial charge < -0.3 is 4.98 Å². The minimum absolute atomic E-state index is 0.0470. The summed E-state index contributed by atoms with van der Waals surface area (Å²) in [5.74, 6) is 0.608. The Bertz CT molecular complexity index is 1000. The largest absolute Gasteiger partial charge is 0.306 e. The van der Waals surface area contributed by atoms with Crippen LogP contribution in [0.25, 0.3) is 11.4 Å². The maximum Gasteiger partial charge on any atom is 0.254 e. The lowest BCUT2D eigenvalue weighted by Gasteiger charge is -2.28. The summed E-state index contributed by atoms with van der Waals surface area (Å²) in [5, 5.41) is 1.37. The van der Waals surface area contributed by atoms with Gasteiger partial charge in [0.15, 0.2) is 0 Å². The molecule has 2 heterocycles. The van der Waals surface area contributed by atoms with Gasteiger partial charge >= 0.3 is 0 Å². The van der Waals surface area contributed by atoms with Gasteiger partial charge in [0.1, 0.15) is 5.82 Å². The molecule has 1 aliphatic rings. The van der Waals surface area contributed by atoms with Crippen LogP contribution in [0.2, 0.25) is 10.0 Å². The number of aromatic amines is 1. The Morgan fingerprint density at radius 2 is 1.92 bits per heavy atom. The Morgan fingerprint density at radius 1 is 1.12 bits per heavy atom. The van der Waals surface area contributed by atoms with E-state index in [1.54, 1.807) is 6.07 Å². The van der Waals surface area contributed by atoms with Crippen LogP contribution in [0, 0.1) is 0 Å². The molecule has 3 aromatic rings. The van der Waals surface area contributed by atoms with Crippen molar-refractivity contribution in [2.45, 2.75) is 19.5 Å². The smallest absolute Gasteiger partial charge is 0.254 e. The summed E-state index contributed by atoms with van der Waals surface area (Å²) >= 11 is 12.4. The van der Waals surface area contributed by atoms with Gasteiger partial charge in [-0.1, -0.05) is 53.5 Å². The highest BCUT2D eigenvalue weighted by molar-refractivity contribution is 6.33. The number of nitrogens with zero attached hydrogens (tertiary/aromatic N) is 2. The van der Waals surface area contributed by atoms with Gasteiger partial charge in [-0.15, -0.1) is 0 Å². The van der Waals surface area contributed by atoms with Gasteiger partial charge in [-0.05, 0) is 30.2 Å². The average molecular weight is 386 g/mol. The summed E-state index contributed by atoms with van der Waals surface area (Å²) < 4.78 is 0. The molecular weight excluding hydrogens is 369 g/mol. The molecular formula is C20H17Cl2N3O. The van der Waals surface area contributed by atoms with Crippen molar-refractivity contribution in [3.63, 3.8) is 0 Å². The van der Waals surface area contributed by atoms with Crippen LogP contribution < -0.4 is 5.56 Å². The maximum absolute atomic E-state index is 12.5. The van der Waals surface area contributed by atoms with Crippen molar-refractivity contribution in [2.24, 2.45) is 0 Å². The Hall–Kier alpha value is -2.14. The van der Waals surface area contributed by atoms with Crippen LogP contribution in [0.3, 0.4) is 0 Å². The van der Waals surface area contributed by atoms with Gasteiger partial charge in [0, 0.05) is 40.8 Å². The molecule has 1 aromatic heterocycles. The van der Waals surface area contributed by atoms with E-state index in [0.717, 1.165) is 28.9 Å². The van der Waals surface area contributed by atoms with Crippen molar-refractivity contribution in [3.05, 3.63) is 85.8 Å². The van der Waals surface area contributed by atoms with Crippen LogP contribution in [-0.2, 0) is 19.5 Å². The van der Waals surface area contributed by atoms with Crippen molar-refractivity contribution in [1.82, 2.24) is 14.9 Å². The monoisotopic (exact) mass is 385 g/mol. The van der Waals surface area contributed by atoms with E-state index in [0.29, 0.717) is 35.4 Å². The molecule has 0 saturated heterocycles. The van der Waals surface area contributed by atoms with Gasteiger partial charge in [-0.3, -0.25) is 9.69 Å². The fraction of sp³-hybridized carbons (Fsp3) is 0.200. The lowest BCUT2D eigenvalue weighted by molar-refractivity contribution is 0.240. The van der Waals surface area contributed by atoms with Gasteiger partial charge in [0.25, 0.3) is 5.56 Å². The SMILES string of the molecule is O=c1[nH]c(-c2ccccc2)nc2c1CCN(Cc1cc(Cl)ccc1Cl)C2. The van der Waals surface area contributed by atoms with E-state index in [-0.39, 0.29) is 5.56 Å². The number of rotatable bonds is 3. The van der Waals surface area contributed by atoms with Crippen molar-refractivity contribution >= 4 is 23.2 Å². The number of benzene rings is 2. The van der Waals surface area contributed by atoms with Crippen LogP contribution >= 0.6 is 23.2 Å². The molecule has 4 rings (SSSR count). The normalized spacial score (nSPS) is 14.2. The highest BCUT2D eigenvalue weighted by Crippen LogP contribution is 2.25. The van der Waals surface area contributed by atoms with E-state index in [1.807, 2.05) is 42.5 Å². The Balaban J connectivity index is 1.62. The fourth-order valence-electron chi connectivity index (χ4n) is 3.27. The standard InChI is InChI=1S/C20H17Cl2N3O/c21-15-6-7-17(22)14(10-15)11-25-9-8-16-18(12-25)23-19(24-20(16)26)13-4-2-1-3-5-13/h1-7,10H,8-9,11-12H2,(H,23,24,26). The lowest BCUT2D eigenvalue weighted by atomic mass is 10.0. The third-order valence-electron chi connectivity index (χ3n) is 4.60. The summed E-state index contributed by atoms with van der Waals surface area (Å²) in [4.78, 5) is 22.3. The van der Waals surface area contributed by atoms with Crippen molar-refractivity contribution in [2.75, 3.05) is 6.54 Å². The summed E-state index contributed by atoms with van der Waals surface area (Å²) in [6, 6.07) is 15.2. The molecule has 0 amide bonds. The van der Waals surface area contributed by atoms with E-state index >= 15 is 0 Å². The Labute approximate surface area is 161 Å².